The molecule has 0 saturated heterocycles. The molecule has 4 aromatic rings. The molecule has 0 atom stereocenters. The Labute approximate surface area is 216 Å². The fraction of sp³-hybridized carbons (Fsp3) is 0.233. The molecule has 0 radical (unpaired) electrons. The van der Waals surface area contributed by atoms with Crippen molar-refractivity contribution in [1.82, 2.24) is 19.9 Å². The number of hydrogen-bond donors (Lipinski definition) is 2. The number of para-hydroxylation sites is 1. The predicted octanol–water partition coefficient (Wildman–Crippen LogP) is 5.22. The molecule has 7 heteroatoms. The maximum absolute atomic E-state index is 11.6. The summed E-state index contributed by atoms with van der Waals surface area (Å²) < 4.78 is 7.95. The third-order valence-electron chi connectivity index (χ3n) is 6.77. The van der Waals surface area contributed by atoms with E-state index in [-0.39, 0.29) is 17.9 Å². The van der Waals surface area contributed by atoms with Gasteiger partial charge < -0.3 is 20.4 Å². The van der Waals surface area contributed by atoms with Crippen molar-refractivity contribution in [1.29, 1.82) is 0 Å². The third-order valence-corrected chi connectivity index (χ3v) is 6.77. The summed E-state index contributed by atoms with van der Waals surface area (Å²) in [5.74, 6) is 9.01. The van der Waals surface area contributed by atoms with Crippen molar-refractivity contribution in [2.24, 2.45) is 13.0 Å². The molecule has 1 amide bonds. The monoisotopic (exact) mass is 491 g/mol. The number of fused-ring (bicyclic) bond motifs is 1. The van der Waals surface area contributed by atoms with Crippen LogP contribution >= 0.6 is 0 Å². The lowest BCUT2D eigenvalue weighted by molar-refractivity contribution is -0.117. The van der Waals surface area contributed by atoms with Gasteiger partial charge in [0.05, 0.1) is 5.39 Å². The highest BCUT2D eigenvalue weighted by atomic mass is 16.5. The Bertz CT molecular complexity index is 1490. The first-order valence-corrected chi connectivity index (χ1v) is 12.4. The van der Waals surface area contributed by atoms with Crippen LogP contribution in [0.2, 0.25) is 0 Å². The van der Waals surface area contributed by atoms with Crippen LogP contribution in [-0.2, 0) is 11.8 Å². The van der Waals surface area contributed by atoms with E-state index in [1.807, 2.05) is 66.2 Å². The second-order valence-electron chi connectivity index (χ2n) is 9.21. The van der Waals surface area contributed by atoms with Gasteiger partial charge in [-0.3, -0.25) is 4.79 Å². The molecule has 0 unspecified atom stereocenters. The standard InChI is InChI=1S/C30H29N5O2/c1-3-26(36)34-22-14-9-20(10-15-22)11-18-25-27(28-29(31)32-19-33-30(28)35(25)2)21-12-16-24(17-13-21)37-23-7-5-4-6-8-23/h3-8,12-13,16-17,19-20,22H,1,9-10,14-15H2,2H3,(H,34,36)(H2,31,32,33)/t20-,22+. The van der Waals surface area contributed by atoms with E-state index in [1.165, 1.54) is 12.4 Å². The summed E-state index contributed by atoms with van der Waals surface area (Å²) in [7, 11) is 1.96. The lowest BCUT2D eigenvalue weighted by Crippen LogP contribution is -2.36. The Morgan fingerprint density at radius 1 is 1.08 bits per heavy atom. The number of amides is 1. The van der Waals surface area contributed by atoms with Crippen LogP contribution in [0.4, 0.5) is 5.82 Å². The highest BCUT2D eigenvalue weighted by molar-refractivity contribution is 6.03. The zero-order valence-corrected chi connectivity index (χ0v) is 20.8. The molecular weight excluding hydrogens is 462 g/mol. The number of nitrogens with two attached hydrogens (primary N) is 1. The molecule has 186 valence electrons. The third kappa shape index (κ3) is 5.19. The minimum atomic E-state index is -0.117. The van der Waals surface area contributed by atoms with Gasteiger partial charge in [0.1, 0.15) is 35.0 Å². The largest absolute Gasteiger partial charge is 0.457 e. The van der Waals surface area contributed by atoms with E-state index in [1.54, 1.807) is 0 Å². The van der Waals surface area contributed by atoms with Crippen LogP contribution in [0.3, 0.4) is 0 Å². The van der Waals surface area contributed by atoms with Gasteiger partial charge in [-0.15, -0.1) is 0 Å². The van der Waals surface area contributed by atoms with Gasteiger partial charge in [0, 0.05) is 24.6 Å². The van der Waals surface area contributed by atoms with Crippen LogP contribution in [0.15, 0.2) is 73.6 Å². The maximum Gasteiger partial charge on any atom is 0.243 e. The van der Waals surface area contributed by atoms with Gasteiger partial charge in [-0.2, -0.15) is 0 Å². The zero-order valence-electron chi connectivity index (χ0n) is 20.8. The number of ether oxygens (including phenoxy) is 1. The second-order valence-corrected chi connectivity index (χ2v) is 9.21. The van der Waals surface area contributed by atoms with Crippen LogP contribution < -0.4 is 15.8 Å². The topological polar surface area (TPSA) is 95.1 Å². The fourth-order valence-electron chi connectivity index (χ4n) is 4.83. The number of hydrogen-bond acceptors (Lipinski definition) is 5. The predicted molar refractivity (Wildman–Crippen MR) is 146 cm³/mol. The average Bonchev–Trinajstić information content (AvgIpc) is 3.21. The number of anilines is 1. The number of carbonyl (C=O) groups is 1. The number of nitrogen functional groups attached to an aromatic ring is 1. The van der Waals surface area contributed by atoms with E-state index in [2.05, 4.69) is 33.7 Å². The highest BCUT2D eigenvalue weighted by Gasteiger charge is 2.22. The fourth-order valence-corrected chi connectivity index (χ4v) is 4.83. The Kier molecular flexibility index (Phi) is 6.91. The number of aromatic nitrogens is 3. The number of aryl methyl sites for hydroxylation is 1. The minimum absolute atomic E-state index is 0.117. The molecule has 2 heterocycles. The molecule has 7 nitrogen and oxygen atoms in total. The van der Waals surface area contributed by atoms with Gasteiger partial charge in [-0.25, -0.2) is 9.97 Å². The SMILES string of the molecule is C=CC(=O)N[C@H]1CC[C@@H](C#Cc2c(-c3ccc(Oc4ccccc4)cc3)c3c(N)ncnc3n2C)CC1. The number of nitrogens with zero attached hydrogens (tertiary/aromatic N) is 3. The Morgan fingerprint density at radius 2 is 1.78 bits per heavy atom. The summed E-state index contributed by atoms with van der Waals surface area (Å²) in [5, 5.41) is 3.79. The van der Waals surface area contributed by atoms with Crippen LogP contribution in [0.5, 0.6) is 11.5 Å². The first kappa shape index (κ1) is 24.1. The van der Waals surface area contributed by atoms with Gasteiger partial charge in [0.25, 0.3) is 0 Å². The quantitative estimate of drug-likeness (QED) is 0.295. The van der Waals surface area contributed by atoms with Crippen molar-refractivity contribution in [3.05, 3.63) is 79.3 Å². The van der Waals surface area contributed by atoms with Gasteiger partial charge >= 0.3 is 0 Å². The van der Waals surface area contributed by atoms with Crippen LogP contribution in [0.1, 0.15) is 31.4 Å². The molecule has 1 aliphatic rings. The van der Waals surface area contributed by atoms with Gasteiger partial charge in [0.15, 0.2) is 0 Å². The Morgan fingerprint density at radius 3 is 2.49 bits per heavy atom. The normalized spacial score (nSPS) is 17.0. The van der Waals surface area contributed by atoms with E-state index < -0.39 is 0 Å². The molecule has 0 bridgehead atoms. The number of carbonyl (C=O) groups excluding carboxylic acids is 1. The molecule has 3 N–H and O–H groups in total. The molecule has 0 spiro atoms. The Balaban J connectivity index is 1.45. The minimum Gasteiger partial charge on any atom is -0.457 e. The summed E-state index contributed by atoms with van der Waals surface area (Å²) >= 11 is 0. The maximum atomic E-state index is 11.6. The lowest BCUT2D eigenvalue weighted by Gasteiger charge is -2.26. The van der Waals surface area contributed by atoms with Gasteiger partial charge in [-0.1, -0.05) is 42.8 Å². The van der Waals surface area contributed by atoms with E-state index >= 15 is 0 Å². The van der Waals surface area contributed by atoms with Crippen LogP contribution in [0.25, 0.3) is 22.2 Å². The average molecular weight is 492 g/mol. The summed E-state index contributed by atoms with van der Waals surface area (Å²) in [6.07, 6.45) is 6.48. The number of benzene rings is 2. The van der Waals surface area contributed by atoms with E-state index in [9.17, 15) is 4.79 Å². The summed E-state index contributed by atoms with van der Waals surface area (Å²) in [6.45, 7) is 3.53. The van der Waals surface area contributed by atoms with Crippen molar-refractivity contribution in [2.75, 3.05) is 5.73 Å². The molecule has 5 rings (SSSR count). The smallest absolute Gasteiger partial charge is 0.243 e. The van der Waals surface area contributed by atoms with Crippen molar-refractivity contribution < 1.29 is 9.53 Å². The second kappa shape index (κ2) is 10.6. The molecule has 2 aromatic carbocycles. The molecule has 0 aliphatic heterocycles. The van der Waals surface area contributed by atoms with Crippen molar-refractivity contribution in [3.63, 3.8) is 0 Å². The molecule has 1 fully saturated rings. The summed E-state index contributed by atoms with van der Waals surface area (Å²) in [5.41, 5.74) is 9.81. The van der Waals surface area contributed by atoms with Crippen molar-refractivity contribution in [2.45, 2.75) is 31.7 Å². The van der Waals surface area contributed by atoms with Crippen LogP contribution in [0, 0.1) is 17.8 Å². The van der Waals surface area contributed by atoms with E-state index in [0.29, 0.717) is 5.82 Å². The molecule has 2 aromatic heterocycles. The lowest BCUT2D eigenvalue weighted by atomic mass is 9.86. The summed E-state index contributed by atoms with van der Waals surface area (Å²) in [4.78, 5) is 20.4. The molecular formula is C30H29N5O2. The van der Waals surface area contributed by atoms with Gasteiger partial charge in [-0.05, 0) is 67.5 Å². The van der Waals surface area contributed by atoms with E-state index in [0.717, 1.165) is 65.0 Å². The molecule has 1 saturated carbocycles. The first-order chi connectivity index (χ1) is 18.0. The molecule has 37 heavy (non-hydrogen) atoms. The molecule has 1 aliphatic carbocycles. The van der Waals surface area contributed by atoms with Crippen LogP contribution in [-0.4, -0.2) is 26.5 Å². The van der Waals surface area contributed by atoms with Crippen molar-refractivity contribution >= 4 is 22.8 Å². The number of nitrogens with one attached hydrogen (secondary N) is 1. The summed E-state index contributed by atoms with van der Waals surface area (Å²) in [6, 6.07) is 17.8. The van der Waals surface area contributed by atoms with Crippen molar-refractivity contribution in [3.8, 4) is 34.5 Å². The Hall–Kier alpha value is -4.57. The number of rotatable bonds is 5. The first-order valence-electron chi connectivity index (χ1n) is 12.4. The van der Waals surface area contributed by atoms with E-state index in [4.69, 9.17) is 10.5 Å². The highest BCUT2D eigenvalue weighted by Crippen LogP contribution is 2.37. The van der Waals surface area contributed by atoms with Gasteiger partial charge in [0.2, 0.25) is 5.91 Å². The zero-order chi connectivity index (χ0) is 25.8.